The largest absolute Gasteiger partial charge is 0.497 e. The van der Waals surface area contributed by atoms with Gasteiger partial charge in [-0.1, -0.05) is 0 Å². The molecule has 0 aliphatic heterocycles. The summed E-state index contributed by atoms with van der Waals surface area (Å²) in [6.07, 6.45) is -5.13. The van der Waals surface area contributed by atoms with Crippen LogP contribution >= 0.6 is 0 Å². The fraction of sp³-hybridized carbons (Fsp3) is 0.533. The molecule has 5 nitrogen and oxygen atoms in total. The van der Waals surface area contributed by atoms with Gasteiger partial charge >= 0.3 is 6.18 Å². The Morgan fingerprint density at radius 3 is 2.35 bits per heavy atom. The fourth-order valence-electron chi connectivity index (χ4n) is 1.65. The Balaban J connectivity index is 2.32. The van der Waals surface area contributed by atoms with E-state index in [-0.39, 0.29) is 6.54 Å². The molecular weight excluding hydrogens is 311 g/mol. The molecule has 0 unspecified atom stereocenters. The maximum absolute atomic E-state index is 12.1. The van der Waals surface area contributed by atoms with Crippen molar-refractivity contribution >= 4 is 5.96 Å². The Morgan fingerprint density at radius 2 is 1.78 bits per heavy atom. The lowest BCUT2D eigenvalue weighted by atomic mass is 10.3. The minimum absolute atomic E-state index is 0.307. The van der Waals surface area contributed by atoms with E-state index in [0.717, 1.165) is 5.75 Å². The van der Waals surface area contributed by atoms with Crippen LogP contribution in [0, 0.1) is 0 Å². The number of benzene rings is 1. The molecule has 0 saturated carbocycles. The van der Waals surface area contributed by atoms with Gasteiger partial charge in [-0.2, -0.15) is 13.2 Å². The minimum atomic E-state index is -4.20. The molecule has 0 aliphatic carbocycles. The van der Waals surface area contributed by atoms with E-state index in [2.05, 4.69) is 15.6 Å². The molecule has 0 aromatic heterocycles. The summed E-state index contributed by atoms with van der Waals surface area (Å²) in [4.78, 5) is 3.87. The first-order chi connectivity index (χ1) is 10.9. The summed E-state index contributed by atoms with van der Waals surface area (Å²) in [6.45, 7) is 2.88. The molecule has 0 saturated heterocycles. The molecule has 0 spiro atoms. The van der Waals surface area contributed by atoms with Crippen molar-refractivity contribution in [2.24, 2.45) is 4.99 Å². The first-order valence-corrected chi connectivity index (χ1v) is 7.30. The van der Waals surface area contributed by atoms with Crippen LogP contribution in [0.4, 0.5) is 13.2 Å². The molecule has 0 bridgehead atoms. The number of nitrogens with one attached hydrogen (secondary N) is 2. The summed E-state index contributed by atoms with van der Waals surface area (Å²) < 4.78 is 46.9. The molecule has 1 aromatic carbocycles. The standard InChI is InChI=1S/C15H22F3N3O2/c1-3-19-14(20-9-8-15(16,17)18)21-10-11-23-13-6-4-12(22-2)5-7-13/h4-7H,3,8-11H2,1-2H3,(H2,19,20,21). The number of ether oxygens (including phenoxy) is 2. The van der Waals surface area contributed by atoms with Gasteiger partial charge in [-0.25, -0.2) is 0 Å². The second kappa shape index (κ2) is 9.81. The van der Waals surface area contributed by atoms with E-state index in [4.69, 9.17) is 9.47 Å². The zero-order valence-electron chi connectivity index (χ0n) is 13.2. The third-order valence-corrected chi connectivity index (χ3v) is 2.73. The number of hydrogen-bond acceptors (Lipinski definition) is 3. The van der Waals surface area contributed by atoms with Gasteiger partial charge in [0.2, 0.25) is 0 Å². The lowest BCUT2D eigenvalue weighted by molar-refractivity contribution is -0.132. The highest BCUT2D eigenvalue weighted by atomic mass is 19.4. The van der Waals surface area contributed by atoms with Crippen LogP contribution in [0.15, 0.2) is 29.3 Å². The molecular formula is C15H22F3N3O2. The van der Waals surface area contributed by atoms with Crippen molar-refractivity contribution in [3.8, 4) is 11.5 Å². The van der Waals surface area contributed by atoms with Crippen LogP contribution in [0.25, 0.3) is 0 Å². The van der Waals surface area contributed by atoms with Crippen molar-refractivity contribution in [3.63, 3.8) is 0 Å². The van der Waals surface area contributed by atoms with E-state index in [1.54, 1.807) is 31.4 Å². The van der Waals surface area contributed by atoms with E-state index >= 15 is 0 Å². The second-order valence-corrected chi connectivity index (χ2v) is 4.58. The summed E-state index contributed by atoms with van der Waals surface area (Å²) in [7, 11) is 1.58. The maximum Gasteiger partial charge on any atom is 0.390 e. The number of methoxy groups -OCH3 is 1. The number of aliphatic imine (C=N–C) groups is 1. The Morgan fingerprint density at radius 1 is 1.13 bits per heavy atom. The van der Waals surface area contributed by atoms with Crippen molar-refractivity contribution in [1.82, 2.24) is 10.6 Å². The maximum atomic E-state index is 12.1. The number of halogens is 3. The Kier molecular flexibility index (Phi) is 8.07. The molecule has 1 rings (SSSR count). The average molecular weight is 333 g/mol. The highest BCUT2D eigenvalue weighted by Gasteiger charge is 2.26. The van der Waals surface area contributed by atoms with Gasteiger partial charge in [0.05, 0.1) is 26.6 Å². The van der Waals surface area contributed by atoms with E-state index in [9.17, 15) is 13.2 Å². The number of hydrogen-bond donors (Lipinski definition) is 2. The summed E-state index contributed by atoms with van der Waals surface area (Å²) in [5.41, 5.74) is 0. The lowest BCUT2D eigenvalue weighted by Gasteiger charge is -2.12. The Labute approximate surface area is 133 Å². The van der Waals surface area contributed by atoms with Gasteiger partial charge < -0.3 is 20.1 Å². The molecule has 0 aliphatic rings. The van der Waals surface area contributed by atoms with E-state index in [0.29, 0.717) is 31.4 Å². The van der Waals surface area contributed by atoms with Gasteiger partial charge in [-0.3, -0.25) is 4.99 Å². The zero-order valence-corrected chi connectivity index (χ0v) is 13.2. The van der Waals surface area contributed by atoms with Gasteiger partial charge in [-0.05, 0) is 31.2 Å². The molecule has 0 atom stereocenters. The number of nitrogens with zero attached hydrogens (tertiary/aromatic N) is 1. The van der Waals surface area contributed by atoms with Gasteiger partial charge in [0, 0.05) is 6.54 Å². The van der Waals surface area contributed by atoms with E-state index in [1.807, 2.05) is 6.92 Å². The summed E-state index contributed by atoms with van der Waals surface area (Å²) in [5, 5.41) is 5.80. The van der Waals surface area contributed by atoms with Crippen LogP contribution in [0.3, 0.4) is 0 Å². The number of rotatable bonds is 8. The van der Waals surface area contributed by atoms with Crippen molar-refractivity contribution < 1.29 is 22.6 Å². The van der Waals surface area contributed by atoms with Crippen LogP contribution in [0.5, 0.6) is 11.5 Å². The van der Waals surface area contributed by atoms with E-state index in [1.165, 1.54) is 0 Å². The highest BCUT2D eigenvalue weighted by molar-refractivity contribution is 5.79. The summed E-state index contributed by atoms with van der Waals surface area (Å²) in [6, 6.07) is 7.12. The van der Waals surface area contributed by atoms with Gasteiger partial charge in [0.1, 0.15) is 18.1 Å². The van der Waals surface area contributed by atoms with Crippen LogP contribution in [-0.4, -0.2) is 45.5 Å². The smallest absolute Gasteiger partial charge is 0.390 e. The Bertz CT molecular complexity index is 476. The van der Waals surface area contributed by atoms with Gasteiger partial charge in [0.25, 0.3) is 0 Å². The van der Waals surface area contributed by atoms with Crippen LogP contribution < -0.4 is 20.1 Å². The molecule has 0 radical (unpaired) electrons. The molecule has 2 N–H and O–H groups in total. The molecule has 0 amide bonds. The monoisotopic (exact) mass is 333 g/mol. The highest BCUT2D eigenvalue weighted by Crippen LogP contribution is 2.19. The topological polar surface area (TPSA) is 54.9 Å². The first kappa shape index (κ1) is 18.9. The van der Waals surface area contributed by atoms with Crippen molar-refractivity contribution in [3.05, 3.63) is 24.3 Å². The van der Waals surface area contributed by atoms with Crippen molar-refractivity contribution in [2.45, 2.75) is 19.5 Å². The summed E-state index contributed by atoms with van der Waals surface area (Å²) in [5.74, 6) is 1.77. The second-order valence-electron chi connectivity index (χ2n) is 4.58. The van der Waals surface area contributed by atoms with Crippen LogP contribution in [0.2, 0.25) is 0 Å². The van der Waals surface area contributed by atoms with Gasteiger partial charge in [0.15, 0.2) is 5.96 Å². The lowest BCUT2D eigenvalue weighted by Crippen LogP contribution is -2.39. The third kappa shape index (κ3) is 8.80. The molecule has 1 aromatic rings. The van der Waals surface area contributed by atoms with E-state index < -0.39 is 12.6 Å². The predicted molar refractivity (Wildman–Crippen MR) is 83.1 cm³/mol. The molecule has 23 heavy (non-hydrogen) atoms. The van der Waals surface area contributed by atoms with Crippen LogP contribution in [-0.2, 0) is 0 Å². The average Bonchev–Trinajstić information content (AvgIpc) is 2.51. The Hall–Kier alpha value is -2.12. The van der Waals surface area contributed by atoms with Gasteiger partial charge in [-0.15, -0.1) is 0 Å². The predicted octanol–water partition coefficient (Wildman–Crippen LogP) is 2.58. The number of alkyl halides is 3. The molecule has 130 valence electrons. The minimum Gasteiger partial charge on any atom is -0.497 e. The quantitative estimate of drug-likeness (QED) is 0.436. The first-order valence-electron chi connectivity index (χ1n) is 7.30. The normalized spacial score (nSPS) is 12.0. The number of guanidine groups is 1. The molecule has 8 heteroatoms. The fourth-order valence-corrected chi connectivity index (χ4v) is 1.65. The SMILES string of the molecule is CCNC(=NCCC(F)(F)F)NCCOc1ccc(OC)cc1. The van der Waals surface area contributed by atoms with Crippen molar-refractivity contribution in [2.75, 3.05) is 33.4 Å². The summed E-state index contributed by atoms with van der Waals surface area (Å²) >= 11 is 0. The van der Waals surface area contributed by atoms with Crippen molar-refractivity contribution in [1.29, 1.82) is 0 Å². The zero-order chi connectivity index (χ0) is 17.1. The molecule has 0 fully saturated rings. The van der Waals surface area contributed by atoms with Crippen LogP contribution in [0.1, 0.15) is 13.3 Å². The molecule has 0 heterocycles. The third-order valence-electron chi connectivity index (χ3n) is 2.73.